The second-order valence-electron chi connectivity index (χ2n) is 6.69. The average Bonchev–Trinajstić information content (AvgIpc) is 2.83. The van der Waals surface area contributed by atoms with E-state index in [1.807, 2.05) is 30.5 Å². The molecule has 24 heavy (non-hydrogen) atoms. The topological polar surface area (TPSA) is 56.7 Å². The number of pyridine rings is 1. The number of fused-ring (bicyclic) bond motifs is 1. The standard InChI is InChI=1S/C18H18BrN3O2/c19-14-6-15(9-20-8-14)22-12-18(7-13-4-2-1-3-5-13)11-21(17(23)24)10-16(18)22/h1-6,8-9,16H,7,10-12H2,(H,23,24)/t16-,18-/m0/s1. The Kier molecular flexibility index (Phi) is 3.72. The summed E-state index contributed by atoms with van der Waals surface area (Å²) in [5, 5.41) is 9.45. The number of hydrogen-bond donors (Lipinski definition) is 1. The second kappa shape index (κ2) is 5.77. The molecule has 1 aromatic carbocycles. The third kappa shape index (κ3) is 2.55. The fourth-order valence-corrected chi connectivity index (χ4v) is 4.43. The Morgan fingerprint density at radius 3 is 2.79 bits per heavy atom. The highest BCUT2D eigenvalue weighted by Gasteiger charge is 2.58. The lowest BCUT2D eigenvalue weighted by Gasteiger charge is -2.54. The van der Waals surface area contributed by atoms with E-state index in [0.29, 0.717) is 13.1 Å². The maximum absolute atomic E-state index is 11.5. The Balaban J connectivity index is 1.62. The quantitative estimate of drug-likeness (QED) is 0.877. The van der Waals surface area contributed by atoms with Gasteiger partial charge in [0.1, 0.15) is 0 Å². The van der Waals surface area contributed by atoms with Crippen LogP contribution in [0.3, 0.4) is 0 Å². The van der Waals surface area contributed by atoms with E-state index in [1.54, 1.807) is 11.1 Å². The van der Waals surface area contributed by atoms with Crippen LogP contribution in [0.5, 0.6) is 0 Å². The van der Waals surface area contributed by atoms with Gasteiger partial charge >= 0.3 is 6.09 Å². The first-order chi connectivity index (χ1) is 11.6. The minimum absolute atomic E-state index is 0.0118. The van der Waals surface area contributed by atoms with Gasteiger partial charge in [0.2, 0.25) is 0 Å². The summed E-state index contributed by atoms with van der Waals surface area (Å²) in [4.78, 5) is 19.6. The first-order valence-corrected chi connectivity index (χ1v) is 8.76. The molecule has 2 saturated heterocycles. The van der Waals surface area contributed by atoms with Crippen LogP contribution in [-0.2, 0) is 6.42 Å². The molecule has 0 spiro atoms. The van der Waals surface area contributed by atoms with Gasteiger partial charge < -0.3 is 14.9 Å². The van der Waals surface area contributed by atoms with Gasteiger partial charge in [-0.1, -0.05) is 30.3 Å². The van der Waals surface area contributed by atoms with Crippen molar-refractivity contribution in [3.05, 3.63) is 58.8 Å². The largest absolute Gasteiger partial charge is 0.465 e. The van der Waals surface area contributed by atoms with Gasteiger partial charge in [0.05, 0.1) is 17.9 Å². The Hall–Kier alpha value is -2.08. The van der Waals surface area contributed by atoms with Gasteiger partial charge in [0.25, 0.3) is 0 Å². The smallest absolute Gasteiger partial charge is 0.407 e. The van der Waals surface area contributed by atoms with Crippen molar-refractivity contribution in [3.8, 4) is 0 Å². The number of benzene rings is 1. The highest BCUT2D eigenvalue weighted by molar-refractivity contribution is 9.10. The molecule has 0 aliphatic carbocycles. The summed E-state index contributed by atoms with van der Waals surface area (Å²) in [7, 11) is 0. The number of hydrogen-bond acceptors (Lipinski definition) is 3. The number of amides is 1. The van der Waals surface area contributed by atoms with Gasteiger partial charge in [0, 0.05) is 35.7 Å². The zero-order valence-electron chi connectivity index (χ0n) is 13.1. The average molecular weight is 388 g/mol. The van der Waals surface area contributed by atoms with Crippen LogP contribution >= 0.6 is 15.9 Å². The number of aromatic nitrogens is 1. The Morgan fingerprint density at radius 1 is 1.29 bits per heavy atom. The Morgan fingerprint density at radius 2 is 2.08 bits per heavy atom. The molecule has 2 aromatic rings. The molecule has 2 fully saturated rings. The molecular formula is C18H18BrN3O2. The van der Waals surface area contributed by atoms with Gasteiger partial charge in [-0.05, 0) is 34.0 Å². The monoisotopic (exact) mass is 387 g/mol. The lowest BCUT2D eigenvalue weighted by atomic mass is 9.69. The van der Waals surface area contributed by atoms with Crippen LogP contribution in [0.25, 0.3) is 0 Å². The molecule has 1 aromatic heterocycles. The predicted octanol–water partition coefficient (Wildman–Crippen LogP) is 3.26. The maximum atomic E-state index is 11.5. The number of likely N-dealkylation sites (tertiary alicyclic amines) is 1. The zero-order chi connectivity index (χ0) is 16.7. The number of nitrogens with zero attached hydrogens (tertiary/aromatic N) is 3. The summed E-state index contributed by atoms with van der Waals surface area (Å²) in [6.45, 7) is 2.00. The van der Waals surface area contributed by atoms with Gasteiger partial charge in [-0.15, -0.1) is 0 Å². The van der Waals surface area contributed by atoms with E-state index in [4.69, 9.17) is 0 Å². The molecular weight excluding hydrogens is 370 g/mol. The Labute approximate surface area is 149 Å². The van der Waals surface area contributed by atoms with Gasteiger partial charge in [-0.25, -0.2) is 4.79 Å². The fraction of sp³-hybridized carbons (Fsp3) is 0.333. The molecule has 2 atom stereocenters. The second-order valence-corrected chi connectivity index (χ2v) is 7.61. The molecule has 6 heteroatoms. The van der Waals surface area contributed by atoms with Crippen molar-refractivity contribution >= 4 is 27.7 Å². The molecule has 5 nitrogen and oxygen atoms in total. The van der Waals surface area contributed by atoms with E-state index in [2.05, 4.69) is 37.9 Å². The SMILES string of the molecule is O=C(O)N1C[C@@H]2N(c3cncc(Br)c3)C[C@]2(Cc2ccccc2)C1. The van der Waals surface area contributed by atoms with Crippen LogP contribution in [0.15, 0.2) is 53.3 Å². The first kappa shape index (κ1) is 15.4. The third-order valence-electron chi connectivity index (χ3n) is 5.16. The van der Waals surface area contributed by atoms with Crippen molar-refractivity contribution in [1.29, 1.82) is 0 Å². The summed E-state index contributed by atoms with van der Waals surface area (Å²) >= 11 is 3.46. The van der Waals surface area contributed by atoms with Crippen molar-refractivity contribution < 1.29 is 9.90 Å². The molecule has 124 valence electrons. The summed E-state index contributed by atoms with van der Waals surface area (Å²) in [6.07, 6.45) is 3.68. The minimum atomic E-state index is -0.829. The molecule has 1 N–H and O–H groups in total. The zero-order valence-corrected chi connectivity index (χ0v) is 14.7. The molecule has 0 radical (unpaired) electrons. The first-order valence-electron chi connectivity index (χ1n) is 7.96. The molecule has 0 bridgehead atoms. The number of rotatable bonds is 3. The summed E-state index contributed by atoms with van der Waals surface area (Å²) in [6, 6.07) is 12.6. The highest BCUT2D eigenvalue weighted by Crippen LogP contribution is 2.48. The van der Waals surface area contributed by atoms with Crippen LogP contribution in [-0.4, -0.2) is 46.8 Å². The highest BCUT2D eigenvalue weighted by atomic mass is 79.9. The maximum Gasteiger partial charge on any atom is 0.407 e. The lowest BCUT2D eigenvalue weighted by molar-refractivity contribution is 0.144. The molecule has 4 rings (SSSR count). The van der Waals surface area contributed by atoms with Crippen molar-refractivity contribution in [2.45, 2.75) is 12.5 Å². The number of carbonyl (C=O) groups is 1. The van der Waals surface area contributed by atoms with E-state index >= 15 is 0 Å². The third-order valence-corrected chi connectivity index (χ3v) is 5.59. The minimum Gasteiger partial charge on any atom is -0.465 e. The molecule has 3 heterocycles. The molecule has 2 aliphatic heterocycles. The van der Waals surface area contributed by atoms with Gasteiger partial charge in [0.15, 0.2) is 0 Å². The van der Waals surface area contributed by atoms with E-state index in [-0.39, 0.29) is 11.5 Å². The van der Waals surface area contributed by atoms with Crippen molar-refractivity contribution in [3.63, 3.8) is 0 Å². The van der Waals surface area contributed by atoms with E-state index in [9.17, 15) is 9.90 Å². The van der Waals surface area contributed by atoms with Gasteiger partial charge in [-0.2, -0.15) is 0 Å². The molecule has 1 amide bonds. The van der Waals surface area contributed by atoms with Crippen LogP contribution in [0, 0.1) is 5.41 Å². The fourth-order valence-electron chi connectivity index (χ4n) is 4.08. The summed E-state index contributed by atoms with van der Waals surface area (Å²) in [5.41, 5.74) is 2.30. The molecule has 0 unspecified atom stereocenters. The summed E-state index contributed by atoms with van der Waals surface area (Å²) in [5.74, 6) is 0. The lowest BCUT2D eigenvalue weighted by Crippen LogP contribution is -2.65. The number of anilines is 1. The van der Waals surface area contributed by atoms with Crippen molar-refractivity contribution in [2.24, 2.45) is 5.41 Å². The van der Waals surface area contributed by atoms with Crippen LogP contribution in [0.1, 0.15) is 5.56 Å². The van der Waals surface area contributed by atoms with Crippen molar-refractivity contribution in [2.75, 3.05) is 24.5 Å². The van der Waals surface area contributed by atoms with E-state index in [0.717, 1.165) is 23.1 Å². The Bertz CT molecular complexity index is 770. The van der Waals surface area contributed by atoms with E-state index in [1.165, 1.54) is 5.56 Å². The van der Waals surface area contributed by atoms with Gasteiger partial charge in [-0.3, -0.25) is 4.98 Å². The normalized spacial score (nSPS) is 25.3. The summed E-state index contributed by atoms with van der Waals surface area (Å²) < 4.78 is 0.939. The van der Waals surface area contributed by atoms with Crippen molar-refractivity contribution in [1.82, 2.24) is 9.88 Å². The number of halogens is 1. The predicted molar refractivity (Wildman–Crippen MR) is 95.2 cm³/mol. The molecule has 0 saturated carbocycles. The molecule has 2 aliphatic rings. The van der Waals surface area contributed by atoms with Crippen LogP contribution in [0.4, 0.5) is 10.5 Å². The van der Waals surface area contributed by atoms with E-state index < -0.39 is 6.09 Å². The van der Waals surface area contributed by atoms with Crippen LogP contribution < -0.4 is 4.90 Å². The van der Waals surface area contributed by atoms with Crippen LogP contribution in [0.2, 0.25) is 0 Å². The number of carboxylic acid groups (broad SMARTS) is 1.